The van der Waals surface area contributed by atoms with Crippen LogP contribution in [0.1, 0.15) is 19.4 Å². The second-order valence-corrected chi connectivity index (χ2v) is 6.83. The maximum absolute atomic E-state index is 5.79. The standard InChI is InChI=1S/C19H22BrNO4/c1-12(2)25-19-10-15(20)13(8-17(19)22-3)11-21-14-4-5-16-18(9-14)24-7-6-23-16/h4-5,8-10,12,21H,6-7,11H2,1-3H3. The molecule has 0 radical (unpaired) electrons. The molecular weight excluding hydrogens is 386 g/mol. The van der Waals surface area contributed by atoms with Crippen molar-refractivity contribution in [1.29, 1.82) is 0 Å². The minimum absolute atomic E-state index is 0.0856. The molecule has 0 saturated carbocycles. The Morgan fingerprint density at radius 2 is 1.84 bits per heavy atom. The van der Waals surface area contributed by atoms with E-state index in [2.05, 4.69) is 21.2 Å². The molecular formula is C19H22BrNO4. The van der Waals surface area contributed by atoms with Crippen LogP contribution in [-0.2, 0) is 6.54 Å². The van der Waals surface area contributed by atoms with Crippen molar-refractivity contribution >= 4 is 21.6 Å². The topological polar surface area (TPSA) is 49.0 Å². The summed E-state index contributed by atoms with van der Waals surface area (Å²) in [5, 5.41) is 3.40. The van der Waals surface area contributed by atoms with E-state index in [-0.39, 0.29) is 6.10 Å². The summed E-state index contributed by atoms with van der Waals surface area (Å²) in [6, 6.07) is 9.78. The number of halogens is 1. The van der Waals surface area contributed by atoms with E-state index >= 15 is 0 Å². The van der Waals surface area contributed by atoms with E-state index in [4.69, 9.17) is 18.9 Å². The van der Waals surface area contributed by atoms with E-state index in [0.717, 1.165) is 38.7 Å². The molecule has 0 unspecified atom stereocenters. The molecule has 1 aliphatic heterocycles. The summed E-state index contributed by atoms with van der Waals surface area (Å²) < 4.78 is 23.4. The Morgan fingerprint density at radius 3 is 2.56 bits per heavy atom. The summed E-state index contributed by atoms with van der Waals surface area (Å²) in [4.78, 5) is 0. The highest BCUT2D eigenvalue weighted by Crippen LogP contribution is 2.36. The lowest BCUT2D eigenvalue weighted by Gasteiger charge is -2.19. The summed E-state index contributed by atoms with van der Waals surface area (Å²) in [6.07, 6.45) is 0.0856. The Hall–Kier alpha value is -2.08. The molecule has 0 amide bonds. The third-order valence-corrected chi connectivity index (χ3v) is 4.46. The fraction of sp³-hybridized carbons (Fsp3) is 0.368. The Labute approximate surface area is 156 Å². The van der Waals surface area contributed by atoms with Gasteiger partial charge in [-0.3, -0.25) is 0 Å². The maximum atomic E-state index is 5.79. The average Bonchev–Trinajstić information content (AvgIpc) is 2.60. The van der Waals surface area contributed by atoms with E-state index < -0.39 is 0 Å². The predicted molar refractivity (Wildman–Crippen MR) is 101 cm³/mol. The largest absolute Gasteiger partial charge is 0.493 e. The lowest BCUT2D eigenvalue weighted by Crippen LogP contribution is -2.15. The van der Waals surface area contributed by atoms with Crippen molar-refractivity contribution in [1.82, 2.24) is 0 Å². The third-order valence-electron chi connectivity index (χ3n) is 3.72. The number of benzene rings is 2. The molecule has 0 aliphatic carbocycles. The lowest BCUT2D eigenvalue weighted by molar-refractivity contribution is 0.171. The lowest BCUT2D eigenvalue weighted by atomic mass is 10.2. The van der Waals surface area contributed by atoms with Crippen LogP contribution < -0.4 is 24.3 Å². The van der Waals surface area contributed by atoms with Gasteiger partial charge in [-0.2, -0.15) is 0 Å². The number of nitrogens with one attached hydrogen (secondary N) is 1. The summed E-state index contributed by atoms with van der Waals surface area (Å²) in [7, 11) is 1.65. The number of rotatable bonds is 6. The molecule has 1 aliphatic rings. The molecule has 3 rings (SSSR count). The highest BCUT2D eigenvalue weighted by atomic mass is 79.9. The molecule has 5 nitrogen and oxygen atoms in total. The quantitative estimate of drug-likeness (QED) is 0.756. The van der Waals surface area contributed by atoms with E-state index in [1.165, 1.54) is 0 Å². The number of anilines is 1. The minimum Gasteiger partial charge on any atom is -0.493 e. The van der Waals surface area contributed by atoms with Crippen LogP contribution in [0.25, 0.3) is 0 Å². The summed E-state index contributed by atoms with van der Waals surface area (Å²) in [5.74, 6) is 3.01. The van der Waals surface area contributed by atoms with Crippen molar-refractivity contribution < 1.29 is 18.9 Å². The van der Waals surface area contributed by atoms with Gasteiger partial charge in [-0.05, 0) is 43.7 Å². The van der Waals surface area contributed by atoms with E-state index in [0.29, 0.717) is 19.8 Å². The molecule has 25 heavy (non-hydrogen) atoms. The molecule has 1 heterocycles. The number of fused-ring (bicyclic) bond motifs is 1. The molecule has 0 bridgehead atoms. The zero-order valence-electron chi connectivity index (χ0n) is 14.6. The molecule has 0 saturated heterocycles. The molecule has 0 atom stereocenters. The van der Waals surface area contributed by atoms with Gasteiger partial charge in [0.2, 0.25) is 0 Å². The van der Waals surface area contributed by atoms with E-state index in [1.54, 1.807) is 7.11 Å². The van der Waals surface area contributed by atoms with Gasteiger partial charge in [-0.15, -0.1) is 0 Å². The van der Waals surface area contributed by atoms with E-state index in [9.17, 15) is 0 Å². The van der Waals surface area contributed by atoms with Crippen molar-refractivity contribution in [2.45, 2.75) is 26.5 Å². The Balaban J connectivity index is 1.74. The molecule has 0 fully saturated rings. The molecule has 1 N–H and O–H groups in total. The second kappa shape index (κ2) is 7.87. The smallest absolute Gasteiger partial charge is 0.163 e. The predicted octanol–water partition coefficient (Wildman–Crippen LogP) is 4.63. The molecule has 0 spiro atoms. The van der Waals surface area contributed by atoms with Gasteiger partial charge < -0.3 is 24.3 Å². The zero-order chi connectivity index (χ0) is 17.8. The molecule has 0 aromatic heterocycles. The van der Waals surface area contributed by atoms with Crippen molar-refractivity contribution in [3.8, 4) is 23.0 Å². The van der Waals surface area contributed by atoms with Crippen LogP contribution in [0, 0.1) is 0 Å². The molecule has 2 aromatic carbocycles. The first kappa shape index (κ1) is 17.7. The van der Waals surface area contributed by atoms with Crippen LogP contribution in [0.5, 0.6) is 23.0 Å². The van der Waals surface area contributed by atoms with Gasteiger partial charge in [-0.25, -0.2) is 0 Å². The Morgan fingerprint density at radius 1 is 1.08 bits per heavy atom. The number of hydrogen-bond acceptors (Lipinski definition) is 5. The van der Waals surface area contributed by atoms with Crippen molar-refractivity contribution in [3.05, 3.63) is 40.4 Å². The van der Waals surface area contributed by atoms with Gasteiger partial charge in [0.1, 0.15) is 13.2 Å². The Bertz CT molecular complexity index is 748. The van der Waals surface area contributed by atoms with Gasteiger partial charge >= 0.3 is 0 Å². The first-order valence-electron chi connectivity index (χ1n) is 8.23. The van der Waals surface area contributed by atoms with Crippen molar-refractivity contribution in [2.75, 3.05) is 25.6 Å². The summed E-state index contributed by atoms with van der Waals surface area (Å²) in [5.41, 5.74) is 2.04. The highest BCUT2D eigenvalue weighted by molar-refractivity contribution is 9.10. The van der Waals surface area contributed by atoms with Gasteiger partial charge in [0.15, 0.2) is 23.0 Å². The third kappa shape index (κ3) is 4.31. The normalized spacial score (nSPS) is 12.8. The summed E-state index contributed by atoms with van der Waals surface area (Å²) >= 11 is 3.61. The number of hydrogen-bond donors (Lipinski definition) is 1. The van der Waals surface area contributed by atoms with Crippen molar-refractivity contribution in [2.24, 2.45) is 0 Å². The van der Waals surface area contributed by atoms with Crippen LogP contribution in [0.2, 0.25) is 0 Å². The molecule has 6 heteroatoms. The fourth-order valence-electron chi connectivity index (χ4n) is 2.57. The first-order chi connectivity index (χ1) is 12.1. The van der Waals surface area contributed by atoms with Gasteiger partial charge in [0.25, 0.3) is 0 Å². The number of ether oxygens (including phenoxy) is 4. The second-order valence-electron chi connectivity index (χ2n) is 5.97. The highest BCUT2D eigenvalue weighted by Gasteiger charge is 2.14. The minimum atomic E-state index is 0.0856. The van der Waals surface area contributed by atoms with Crippen LogP contribution in [0.4, 0.5) is 5.69 Å². The van der Waals surface area contributed by atoms with Crippen molar-refractivity contribution in [3.63, 3.8) is 0 Å². The monoisotopic (exact) mass is 407 g/mol. The fourth-order valence-corrected chi connectivity index (χ4v) is 3.03. The van der Waals surface area contributed by atoms with Crippen LogP contribution in [-0.4, -0.2) is 26.4 Å². The van der Waals surface area contributed by atoms with Crippen LogP contribution in [0.15, 0.2) is 34.8 Å². The summed E-state index contributed by atoms with van der Waals surface area (Å²) in [6.45, 7) is 5.79. The van der Waals surface area contributed by atoms with Gasteiger partial charge in [-0.1, -0.05) is 15.9 Å². The molecule has 134 valence electrons. The first-order valence-corrected chi connectivity index (χ1v) is 9.02. The van der Waals surface area contributed by atoms with Crippen LogP contribution in [0.3, 0.4) is 0 Å². The SMILES string of the molecule is COc1cc(CNc2ccc3c(c2)OCCO3)c(Br)cc1OC(C)C. The van der Waals surface area contributed by atoms with E-state index in [1.807, 2.05) is 44.2 Å². The van der Waals surface area contributed by atoms with Crippen LogP contribution >= 0.6 is 15.9 Å². The number of methoxy groups -OCH3 is 1. The molecule has 2 aromatic rings. The average molecular weight is 408 g/mol. The van der Waals surface area contributed by atoms with Gasteiger partial charge in [0, 0.05) is 22.8 Å². The Kier molecular flexibility index (Phi) is 5.58. The maximum Gasteiger partial charge on any atom is 0.163 e. The van der Waals surface area contributed by atoms with Gasteiger partial charge in [0.05, 0.1) is 13.2 Å². The zero-order valence-corrected chi connectivity index (χ0v) is 16.2.